The van der Waals surface area contributed by atoms with E-state index in [1.54, 1.807) is 6.26 Å². The van der Waals surface area contributed by atoms with E-state index < -0.39 is 0 Å². The third kappa shape index (κ3) is 2.53. The van der Waals surface area contributed by atoms with Crippen LogP contribution in [0.3, 0.4) is 0 Å². The van der Waals surface area contributed by atoms with Crippen molar-refractivity contribution >= 4 is 28.3 Å². The van der Waals surface area contributed by atoms with Crippen LogP contribution >= 0.6 is 22.6 Å². The van der Waals surface area contributed by atoms with Crippen LogP contribution in [0.25, 0.3) is 0 Å². The Kier molecular flexibility index (Phi) is 3.30. The maximum absolute atomic E-state index is 5.26. The van der Waals surface area contributed by atoms with E-state index >= 15 is 0 Å². The molecule has 78 valence electrons. The Morgan fingerprint density at radius 1 is 1.27 bits per heavy atom. The van der Waals surface area contributed by atoms with Gasteiger partial charge in [-0.1, -0.05) is 6.07 Å². The minimum absolute atomic E-state index is 0.730. The molecule has 2 aromatic rings. The lowest BCUT2D eigenvalue weighted by atomic mass is 10.2. The van der Waals surface area contributed by atoms with Crippen LogP contribution in [0.4, 0.5) is 5.69 Å². The summed E-state index contributed by atoms with van der Waals surface area (Å²) in [6, 6.07) is 10.1. The molecule has 0 aliphatic carbocycles. The molecule has 0 unspecified atom stereocenters. The number of anilines is 1. The topological polar surface area (TPSA) is 25.2 Å². The van der Waals surface area contributed by atoms with Crippen molar-refractivity contribution in [1.29, 1.82) is 0 Å². The van der Waals surface area contributed by atoms with Crippen molar-refractivity contribution in [1.82, 2.24) is 0 Å². The molecule has 0 amide bonds. The molecule has 1 aromatic heterocycles. The number of furan rings is 1. The van der Waals surface area contributed by atoms with E-state index in [-0.39, 0.29) is 0 Å². The second-order valence-electron chi connectivity index (χ2n) is 3.35. The Morgan fingerprint density at radius 2 is 2.13 bits per heavy atom. The van der Waals surface area contributed by atoms with Crippen LogP contribution in [0.1, 0.15) is 11.3 Å². The van der Waals surface area contributed by atoms with Gasteiger partial charge in [0.2, 0.25) is 0 Å². The minimum atomic E-state index is 0.730. The molecule has 0 fully saturated rings. The minimum Gasteiger partial charge on any atom is -0.467 e. The van der Waals surface area contributed by atoms with Gasteiger partial charge in [-0.05, 0) is 59.3 Å². The molecule has 15 heavy (non-hydrogen) atoms. The largest absolute Gasteiger partial charge is 0.467 e. The summed E-state index contributed by atoms with van der Waals surface area (Å²) < 4.78 is 6.54. The van der Waals surface area contributed by atoms with Crippen LogP contribution in [-0.2, 0) is 6.54 Å². The fourth-order valence-corrected chi connectivity index (χ4v) is 1.89. The molecule has 0 aliphatic rings. The summed E-state index contributed by atoms with van der Waals surface area (Å²) in [6.07, 6.45) is 1.69. The predicted octanol–water partition coefficient (Wildman–Crippen LogP) is 3.80. The normalized spacial score (nSPS) is 10.3. The molecule has 0 saturated heterocycles. The SMILES string of the molecule is Cc1c(I)cccc1NCc1ccco1. The molecule has 0 spiro atoms. The summed E-state index contributed by atoms with van der Waals surface area (Å²) in [7, 11) is 0. The summed E-state index contributed by atoms with van der Waals surface area (Å²) in [5, 5.41) is 3.36. The molecule has 1 heterocycles. The highest BCUT2D eigenvalue weighted by atomic mass is 127. The average molecular weight is 313 g/mol. The van der Waals surface area contributed by atoms with Gasteiger partial charge in [-0.15, -0.1) is 0 Å². The summed E-state index contributed by atoms with van der Waals surface area (Å²) in [5.41, 5.74) is 2.45. The zero-order valence-corrected chi connectivity index (χ0v) is 10.6. The Morgan fingerprint density at radius 3 is 2.87 bits per heavy atom. The van der Waals surface area contributed by atoms with Crippen LogP contribution in [0.2, 0.25) is 0 Å². The summed E-state index contributed by atoms with van der Waals surface area (Å²) in [4.78, 5) is 0. The second kappa shape index (κ2) is 4.70. The third-order valence-electron chi connectivity index (χ3n) is 2.30. The smallest absolute Gasteiger partial charge is 0.122 e. The van der Waals surface area contributed by atoms with E-state index in [4.69, 9.17) is 4.42 Å². The first kappa shape index (κ1) is 10.5. The monoisotopic (exact) mass is 313 g/mol. The zero-order chi connectivity index (χ0) is 10.7. The standard InChI is InChI=1S/C12H12INO/c1-9-11(13)5-2-6-12(9)14-8-10-4-3-7-15-10/h2-7,14H,8H2,1H3. The van der Waals surface area contributed by atoms with E-state index in [1.807, 2.05) is 12.1 Å². The van der Waals surface area contributed by atoms with E-state index in [1.165, 1.54) is 14.8 Å². The van der Waals surface area contributed by atoms with Gasteiger partial charge in [0.15, 0.2) is 0 Å². The summed E-state index contributed by atoms with van der Waals surface area (Å²) in [5.74, 6) is 0.952. The lowest BCUT2D eigenvalue weighted by Crippen LogP contribution is -2.00. The molecule has 1 N–H and O–H groups in total. The van der Waals surface area contributed by atoms with Crippen molar-refractivity contribution in [3.05, 3.63) is 51.5 Å². The number of hydrogen-bond acceptors (Lipinski definition) is 2. The maximum atomic E-state index is 5.26. The number of halogens is 1. The number of hydrogen-bond donors (Lipinski definition) is 1. The molecular weight excluding hydrogens is 301 g/mol. The molecule has 3 heteroatoms. The molecule has 0 radical (unpaired) electrons. The van der Waals surface area contributed by atoms with Gasteiger partial charge in [-0.25, -0.2) is 0 Å². The first-order valence-corrected chi connectivity index (χ1v) is 5.86. The fraction of sp³-hybridized carbons (Fsp3) is 0.167. The van der Waals surface area contributed by atoms with Gasteiger partial charge in [0.25, 0.3) is 0 Å². The van der Waals surface area contributed by atoms with Crippen molar-refractivity contribution in [3.63, 3.8) is 0 Å². The molecule has 0 bridgehead atoms. The maximum Gasteiger partial charge on any atom is 0.122 e. The summed E-state index contributed by atoms with van der Waals surface area (Å²) >= 11 is 2.34. The van der Waals surface area contributed by atoms with E-state index in [0.717, 1.165) is 12.3 Å². The van der Waals surface area contributed by atoms with Crippen LogP contribution < -0.4 is 5.32 Å². The van der Waals surface area contributed by atoms with Gasteiger partial charge in [0.05, 0.1) is 12.8 Å². The molecule has 2 rings (SSSR count). The molecule has 0 atom stereocenters. The number of benzene rings is 1. The molecular formula is C12H12INO. The highest BCUT2D eigenvalue weighted by Gasteiger charge is 2.01. The second-order valence-corrected chi connectivity index (χ2v) is 4.51. The first-order valence-electron chi connectivity index (χ1n) is 4.79. The van der Waals surface area contributed by atoms with Crippen molar-refractivity contribution in [2.45, 2.75) is 13.5 Å². The Balaban J connectivity index is 2.08. The molecule has 1 aromatic carbocycles. The van der Waals surface area contributed by atoms with Gasteiger partial charge >= 0.3 is 0 Å². The molecule has 0 aliphatic heterocycles. The van der Waals surface area contributed by atoms with Gasteiger partial charge in [-0.2, -0.15) is 0 Å². The van der Waals surface area contributed by atoms with Gasteiger partial charge < -0.3 is 9.73 Å². The van der Waals surface area contributed by atoms with E-state index in [2.05, 4.69) is 53.0 Å². The number of nitrogens with one attached hydrogen (secondary N) is 1. The van der Waals surface area contributed by atoms with Crippen molar-refractivity contribution in [3.8, 4) is 0 Å². The lowest BCUT2D eigenvalue weighted by molar-refractivity contribution is 0.518. The van der Waals surface area contributed by atoms with E-state index in [0.29, 0.717) is 0 Å². The average Bonchev–Trinajstić information content (AvgIpc) is 2.73. The highest BCUT2D eigenvalue weighted by molar-refractivity contribution is 14.1. The van der Waals surface area contributed by atoms with Gasteiger partial charge in [0, 0.05) is 9.26 Å². The van der Waals surface area contributed by atoms with Gasteiger partial charge in [0.1, 0.15) is 5.76 Å². The zero-order valence-electron chi connectivity index (χ0n) is 8.46. The van der Waals surface area contributed by atoms with Crippen LogP contribution in [0.15, 0.2) is 41.0 Å². The number of rotatable bonds is 3. The van der Waals surface area contributed by atoms with Crippen molar-refractivity contribution < 1.29 is 4.42 Å². The van der Waals surface area contributed by atoms with E-state index in [9.17, 15) is 0 Å². The Bertz CT molecular complexity index is 437. The molecule has 2 nitrogen and oxygen atoms in total. The molecule has 0 saturated carbocycles. The Hall–Kier alpha value is -0.970. The van der Waals surface area contributed by atoms with Crippen LogP contribution in [0, 0.1) is 10.5 Å². The van der Waals surface area contributed by atoms with Crippen molar-refractivity contribution in [2.24, 2.45) is 0 Å². The van der Waals surface area contributed by atoms with Gasteiger partial charge in [-0.3, -0.25) is 0 Å². The van der Waals surface area contributed by atoms with Crippen LogP contribution in [0.5, 0.6) is 0 Å². The Labute approximate surface area is 103 Å². The predicted molar refractivity (Wildman–Crippen MR) is 69.9 cm³/mol. The van der Waals surface area contributed by atoms with Crippen LogP contribution in [-0.4, -0.2) is 0 Å². The first-order chi connectivity index (χ1) is 7.27. The van der Waals surface area contributed by atoms with Crippen molar-refractivity contribution in [2.75, 3.05) is 5.32 Å². The lowest BCUT2D eigenvalue weighted by Gasteiger charge is -2.09. The summed E-state index contributed by atoms with van der Waals surface area (Å²) in [6.45, 7) is 2.85. The third-order valence-corrected chi connectivity index (χ3v) is 3.47. The highest BCUT2D eigenvalue weighted by Crippen LogP contribution is 2.20. The fourth-order valence-electron chi connectivity index (χ4n) is 1.39. The quantitative estimate of drug-likeness (QED) is 0.872.